The van der Waals surface area contributed by atoms with Crippen LogP contribution in [0.2, 0.25) is 0 Å². The lowest BCUT2D eigenvalue weighted by atomic mass is 9.70. The molecule has 1 atom stereocenters. The zero-order valence-corrected chi connectivity index (χ0v) is 19.6. The Hall–Kier alpha value is -2.87. The summed E-state index contributed by atoms with van der Waals surface area (Å²) in [6.45, 7) is 2.35. The lowest BCUT2D eigenvalue weighted by Crippen LogP contribution is -2.26. The molecule has 0 nitrogen and oxygen atoms in total. The highest BCUT2D eigenvalue weighted by molar-refractivity contribution is 5.89. The van der Waals surface area contributed by atoms with Crippen LogP contribution in [0.5, 0.6) is 0 Å². The van der Waals surface area contributed by atoms with Crippen molar-refractivity contribution in [3.8, 4) is 23.0 Å². The van der Waals surface area contributed by atoms with Crippen LogP contribution in [0.25, 0.3) is 21.9 Å². The van der Waals surface area contributed by atoms with Crippen molar-refractivity contribution in [1.82, 2.24) is 0 Å². The summed E-state index contributed by atoms with van der Waals surface area (Å²) < 4.78 is 66.4. The summed E-state index contributed by atoms with van der Waals surface area (Å²) in [4.78, 5) is 0. The Kier molecular flexibility index (Phi) is 6.34. The van der Waals surface area contributed by atoms with Crippen LogP contribution in [0.1, 0.15) is 55.7 Å². The molecule has 5 rings (SSSR count). The van der Waals surface area contributed by atoms with Gasteiger partial charge in [-0.25, -0.2) is 8.78 Å². The van der Waals surface area contributed by atoms with Crippen molar-refractivity contribution in [2.45, 2.75) is 58.0 Å². The summed E-state index contributed by atoms with van der Waals surface area (Å²) in [5, 5.41) is 0.337. The number of aryl methyl sites for hydroxylation is 1. The van der Waals surface area contributed by atoms with Gasteiger partial charge in [0.05, 0.1) is 5.56 Å². The molecule has 0 N–H and O–H groups in total. The second-order valence-electron chi connectivity index (χ2n) is 10.2. The zero-order valence-electron chi connectivity index (χ0n) is 19.6. The molecular weight excluding hydrogens is 455 g/mol. The number of benzene rings is 3. The van der Waals surface area contributed by atoms with Gasteiger partial charge < -0.3 is 0 Å². The maximum Gasteiger partial charge on any atom is 0.458 e. The van der Waals surface area contributed by atoms with E-state index in [0.29, 0.717) is 5.39 Å². The summed E-state index contributed by atoms with van der Waals surface area (Å²) in [6, 6.07) is 12.4. The van der Waals surface area contributed by atoms with Crippen LogP contribution in [0.3, 0.4) is 0 Å². The van der Waals surface area contributed by atoms with Gasteiger partial charge in [-0.2, -0.15) is 13.2 Å². The monoisotopic (exact) mass is 482 g/mol. The number of alkyl halides is 3. The lowest BCUT2D eigenvalue weighted by molar-refractivity contribution is -0.0696. The fraction of sp³-hybridized carbons (Fsp3) is 0.400. The molecule has 0 bridgehead atoms. The molecule has 0 spiro atoms. The molecular formula is C30H27F5. The molecule has 3 aromatic rings. The highest BCUT2D eigenvalue weighted by atomic mass is 19.4. The van der Waals surface area contributed by atoms with Crippen molar-refractivity contribution in [2.75, 3.05) is 0 Å². The van der Waals surface area contributed by atoms with E-state index in [2.05, 4.69) is 25.1 Å². The second kappa shape index (κ2) is 9.30. The molecule has 0 amide bonds. The largest absolute Gasteiger partial charge is 0.458 e. The number of fused-ring (bicyclic) bond motifs is 2. The van der Waals surface area contributed by atoms with Crippen LogP contribution >= 0.6 is 0 Å². The summed E-state index contributed by atoms with van der Waals surface area (Å²) in [6.07, 6.45) is 3.89. The molecule has 1 unspecified atom stereocenters. The lowest BCUT2D eigenvalue weighted by Gasteiger charge is -2.35. The van der Waals surface area contributed by atoms with Gasteiger partial charge in [-0.15, -0.1) is 0 Å². The van der Waals surface area contributed by atoms with Gasteiger partial charge in [-0.05, 0) is 89.6 Å². The molecule has 0 heterocycles. The van der Waals surface area contributed by atoms with E-state index in [4.69, 9.17) is 0 Å². The van der Waals surface area contributed by atoms with Crippen molar-refractivity contribution in [2.24, 2.45) is 17.8 Å². The zero-order chi connectivity index (χ0) is 24.7. The third-order valence-electron chi connectivity index (χ3n) is 7.89. The molecule has 3 aromatic carbocycles. The number of rotatable bonds is 2. The smallest absolute Gasteiger partial charge is 0.205 e. The van der Waals surface area contributed by atoms with Crippen LogP contribution < -0.4 is 0 Å². The third kappa shape index (κ3) is 5.08. The van der Waals surface area contributed by atoms with Gasteiger partial charge in [0.25, 0.3) is 0 Å². The van der Waals surface area contributed by atoms with E-state index in [1.54, 1.807) is 18.1 Å². The van der Waals surface area contributed by atoms with Crippen molar-refractivity contribution >= 4 is 10.8 Å². The molecule has 1 saturated carbocycles. The Morgan fingerprint density at radius 3 is 2.26 bits per heavy atom. The summed E-state index contributed by atoms with van der Waals surface area (Å²) in [7, 11) is 0. The first-order valence-corrected chi connectivity index (χ1v) is 12.3. The molecule has 0 aliphatic heterocycles. The van der Waals surface area contributed by atoms with Gasteiger partial charge in [-0.3, -0.25) is 0 Å². The molecule has 0 radical (unpaired) electrons. The number of halogens is 5. The van der Waals surface area contributed by atoms with Gasteiger partial charge in [-0.1, -0.05) is 56.0 Å². The minimum Gasteiger partial charge on any atom is -0.205 e. The van der Waals surface area contributed by atoms with Gasteiger partial charge in [0.1, 0.15) is 11.6 Å². The maximum absolute atomic E-state index is 14.8. The van der Waals surface area contributed by atoms with E-state index in [0.717, 1.165) is 53.7 Å². The maximum atomic E-state index is 14.8. The van der Waals surface area contributed by atoms with E-state index in [1.165, 1.54) is 49.3 Å². The van der Waals surface area contributed by atoms with E-state index in [9.17, 15) is 22.0 Å². The normalized spacial score (nSPS) is 22.4. The number of hydrogen-bond acceptors (Lipinski definition) is 0. The van der Waals surface area contributed by atoms with E-state index in [-0.39, 0.29) is 5.39 Å². The third-order valence-corrected chi connectivity index (χ3v) is 7.89. The van der Waals surface area contributed by atoms with Crippen molar-refractivity contribution in [3.63, 3.8) is 0 Å². The summed E-state index contributed by atoms with van der Waals surface area (Å²) in [5.74, 6) is 2.81. The Morgan fingerprint density at radius 2 is 1.51 bits per heavy atom. The first-order chi connectivity index (χ1) is 16.7. The van der Waals surface area contributed by atoms with Crippen LogP contribution in [0.4, 0.5) is 22.0 Å². The van der Waals surface area contributed by atoms with Crippen molar-refractivity contribution in [1.29, 1.82) is 0 Å². The van der Waals surface area contributed by atoms with Crippen LogP contribution in [-0.4, -0.2) is 6.18 Å². The Labute approximate surface area is 202 Å². The molecule has 0 aromatic heterocycles. The Bertz CT molecular complexity index is 1320. The van der Waals surface area contributed by atoms with Gasteiger partial charge in [0.15, 0.2) is 0 Å². The molecule has 182 valence electrons. The molecule has 1 fully saturated rings. The standard InChI is InChI=1S/C30H27F5/c1-18-2-4-19(5-3-18)20-6-7-22-15-23(9-8-21(22)14-20)24-10-11-26-25(16-24)17-28(31)27(29(26)32)12-13-30(33,34)35/h8-11,15-20H,2-7,14H2,1H3. The van der Waals surface area contributed by atoms with E-state index in [1.807, 2.05) is 0 Å². The Morgan fingerprint density at radius 1 is 0.800 bits per heavy atom. The predicted molar refractivity (Wildman–Crippen MR) is 129 cm³/mol. The molecule has 0 saturated heterocycles. The SMILES string of the molecule is CC1CCC(C2CCc3cc(-c4ccc5c(F)c(C#CC(F)(F)F)c(F)cc5c4)ccc3C2)CC1. The summed E-state index contributed by atoms with van der Waals surface area (Å²) in [5.41, 5.74) is 3.65. The van der Waals surface area contributed by atoms with Gasteiger partial charge >= 0.3 is 6.18 Å². The van der Waals surface area contributed by atoms with Crippen molar-refractivity contribution in [3.05, 3.63) is 70.8 Å². The molecule has 2 aliphatic carbocycles. The molecule has 2 aliphatic rings. The first-order valence-electron chi connectivity index (χ1n) is 12.3. The predicted octanol–water partition coefficient (Wildman–Crippen LogP) is 8.63. The van der Waals surface area contributed by atoms with E-state index < -0.39 is 23.4 Å². The topological polar surface area (TPSA) is 0 Å². The fourth-order valence-corrected chi connectivity index (χ4v) is 5.88. The second-order valence-corrected chi connectivity index (χ2v) is 10.2. The molecule has 5 heteroatoms. The van der Waals surface area contributed by atoms with Crippen LogP contribution in [0, 0.1) is 41.2 Å². The highest BCUT2D eigenvalue weighted by Gasteiger charge is 2.29. The quantitative estimate of drug-likeness (QED) is 0.253. The number of hydrogen-bond donors (Lipinski definition) is 0. The average Bonchev–Trinajstić information content (AvgIpc) is 2.82. The van der Waals surface area contributed by atoms with Gasteiger partial charge in [0, 0.05) is 11.3 Å². The minimum absolute atomic E-state index is 0.0456. The molecule has 35 heavy (non-hydrogen) atoms. The first kappa shape index (κ1) is 23.9. The summed E-state index contributed by atoms with van der Waals surface area (Å²) >= 11 is 0. The van der Waals surface area contributed by atoms with Crippen LogP contribution in [-0.2, 0) is 12.8 Å². The Balaban J connectivity index is 1.40. The van der Waals surface area contributed by atoms with Gasteiger partial charge in [0.2, 0.25) is 0 Å². The van der Waals surface area contributed by atoms with Crippen molar-refractivity contribution < 1.29 is 22.0 Å². The minimum atomic E-state index is -4.82. The van der Waals surface area contributed by atoms with Crippen LogP contribution in [0.15, 0.2) is 42.5 Å². The highest BCUT2D eigenvalue weighted by Crippen LogP contribution is 2.40. The average molecular weight is 483 g/mol. The van der Waals surface area contributed by atoms with E-state index >= 15 is 0 Å². The fourth-order valence-electron chi connectivity index (χ4n) is 5.88.